The predicted octanol–water partition coefficient (Wildman–Crippen LogP) is 0.673. The summed E-state index contributed by atoms with van der Waals surface area (Å²) < 4.78 is 22.1. The minimum Gasteiger partial charge on any atom is -0.368 e. The molecular formula is C8H19NO4P+. The summed E-state index contributed by atoms with van der Waals surface area (Å²) >= 11 is 0. The van der Waals surface area contributed by atoms with Gasteiger partial charge in [-0.1, -0.05) is 6.92 Å². The van der Waals surface area contributed by atoms with Gasteiger partial charge in [0.25, 0.3) is 0 Å². The third-order valence-electron chi connectivity index (χ3n) is 2.38. The average molecular weight is 224 g/mol. The number of aliphatic hydroxyl groups is 2. The quantitative estimate of drug-likeness (QED) is 0.395. The maximum Gasteiger partial charge on any atom is 0.375 e. The fourth-order valence-electron chi connectivity index (χ4n) is 1.50. The van der Waals surface area contributed by atoms with Crippen LogP contribution in [-0.4, -0.2) is 47.4 Å². The molecule has 0 amide bonds. The molecule has 0 aromatic carbocycles. The normalized spacial score (nSPS) is 14.4. The Kier molecular flexibility index (Phi) is 5.52. The Morgan fingerprint density at radius 1 is 1.29 bits per heavy atom. The van der Waals surface area contributed by atoms with E-state index in [4.69, 9.17) is 10.2 Å². The van der Waals surface area contributed by atoms with Gasteiger partial charge in [0, 0.05) is 12.8 Å². The molecular weight excluding hydrogens is 205 g/mol. The predicted molar refractivity (Wildman–Crippen MR) is 52.2 cm³/mol. The van der Waals surface area contributed by atoms with E-state index in [1.54, 1.807) is 14.1 Å². The summed E-state index contributed by atoms with van der Waals surface area (Å²) in [7, 11) is 1.09. The van der Waals surface area contributed by atoms with Crippen molar-refractivity contribution >= 4 is 7.68 Å². The molecule has 14 heavy (non-hydrogen) atoms. The first-order valence-electron chi connectivity index (χ1n) is 4.63. The molecule has 0 aliphatic rings. The van der Waals surface area contributed by atoms with Gasteiger partial charge in [-0.15, -0.1) is 0 Å². The van der Waals surface area contributed by atoms with Crippen LogP contribution in [0.3, 0.4) is 0 Å². The first kappa shape index (κ1) is 13.8. The molecule has 0 aliphatic heterocycles. The summed E-state index contributed by atoms with van der Waals surface area (Å²) in [5.41, 5.74) is 0. The first-order chi connectivity index (χ1) is 6.31. The van der Waals surface area contributed by atoms with Crippen LogP contribution in [0.15, 0.2) is 0 Å². The summed E-state index contributed by atoms with van der Waals surface area (Å²) in [6.45, 7) is 2.24. The Balaban J connectivity index is 4.41. The highest BCUT2D eigenvalue weighted by atomic mass is 31.1. The van der Waals surface area contributed by atoms with E-state index >= 15 is 0 Å². The van der Waals surface area contributed by atoms with Crippen LogP contribution in [0.25, 0.3) is 0 Å². The van der Waals surface area contributed by atoms with Crippen molar-refractivity contribution < 1.29 is 23.8 Å². The standard InChI is InChI=1S/C8H19NO4P/c1-4-7(14(12)13)9(2,3)6-5-8(10)11/h7-8,10-11H,4-6H2,1-3H3/q+1. The molecule has 0 fully saturated rings. The van der Waals surface area contributed by atoms with Gasteiger partial charge in [-0.05, 0) is 0 Å². The van der Waals surface area contributed by atoms with Gasteiger partial charge < -0.3 is 14.7 Å². The molecule has 0 aliphatic carbocycles. The van der Waals surface area contributed by atoms with Crippen LogP contribution in [-0.2, 0) is 9.13 Å². The van der Waals surface area contributed by atoms with Gasteiger partial charge in [-0.2, -0.15) is 0 Å². The smallest absolute Gasteiger partial charge is 0.368 e. The monoisotopic (exact) mass is 224 g/mol. The van der Waals surface area contributed by atoms with Gasteiger partial charge in [-0.25, -0.2) is 9.13 Å². The van der Waals surface area contributed by atoms with E-state index in [0.717, 1.165) is 0 Å². The maximum absolute atomic E-state index is 10.9. The van der Waals surface area contributed by atoms with Crippen molar-refractivity contribution in [3.63, 3.8) is 0 Å². The van der Waals surface area contributed by atoms with Gasteiger partial charge in [0.2, 0.25) is 0 Å². The molecule has 2 N–H and O–H groups in total. The lowest BCUT2D eigenvalue weighted by Crippen LogP contribution is -2.47. The Labute approximate surface area is 84.8 Å². The summed E-state index contributed by atoms with van der Waals surface area (Å²) in [4.78, 5) is 0. The second-order valence-electron chi connectivity index (χ2n) is 3.95. The van der Waals surface area contributed by atoms with Crippen LogP contribution in [0, 0.1) is 0 Å². The van der Waals surface area contributed by atoms with Crippen LogP contribution < -0.4 is 0 Å². The highest BCUT2D eigenvalue weighted by Gasteiger charge is 2.31. The SMILES string of the molecule is CCC(P(=O)=O)[N+](C)(C)CCC(O)O. The van der Waals surface area contributed by atoms with Gasteiger partial charge in [0.15, 0.2) is 12.1 Å². The molecule has 0 rings (SSSR count). The van der Waals surface area contributed by atoms with E-state index in [9.17, 15) is 9.13 Å². The third kappa shape index (κ3) is 4.33. The zero-order valence-electron chi connectivity index (χ0n) is 8.88. The number of rotatable bonds is 6. The van der Waals surface area contributed by atoms with E-state index in [-0.39, 0.29) is 10.9 Å². The fraction of sp³-hybridized carbons (Fsp3) is 1.00. The lowest BCUT2D eigenvalue weighted by atomic mass is 10.3. The lowest BCUT2D eigenvalue weighted by molar-refractivity contribution is -0.902. The minimum absolute atomic E-state index is 0.187. The highest BCUT2D eigenvalue weighted by Crippen LogP contribution is 2.26. The van der Waals surface area contributed by atoms with Crippen molar-refractivity contribution in [2.45, 2.75) is 31.8 Å². The zero-order chi connectivity index (χ0) is 11.4. The van der Waals surface area contributed by atoms with Crippen molar-refractivity contribution in [1.29, 1.82) is 0 Å². The van der Waals surface area contributed by atoms with Crippen LogP contribution >= 0.6 is 7.68 Å². The summed E-state index contributed by atoms with van der Waals surface area (Å²) in [5.74, 6) is -0.455. The van der Waals surface area contributed by atoms with E-state index in [0.29, 0.717) is 13.0 Å². The third-order valence-corrected chi connectivity index (χ3v) is 3.86. The molecule has 0 saturated carbocycles. The molecule has 0 heterocycles. The van der Waals surface area contributed by atoms with Crippen molar-refractivity contribution in [3.05, 3.63) is 0 Å². The zero-order valence-corrected chi connectivity index (χ0v) is 9.78. The lowest BCUT2D eigenvalue weighted by Gasteiger charge is -2.33. The van der Waals surface area contributed by atoms with Crippen LogP contribution in [0.4, 0.5) is 0 Å². The molecule has 0 aromatic rings. The molecule has 0 radical (unpaired) electrons. The number of quaternary nitrogens is 1. The second-order valence-corrected chi connectivity index (χ2v) is 5.11. The van der Waals surface area contributed by atoms with Crippen molar-refractivity contribution in [1.82, 2.24) is 0 Å². The fourth-order valence-corrected chi connectivity index (χ4v) is 2.42. The van der Waals surface area contributed by atoms with Crippen molar-refractivity contribution in [3.8, 4) is 0 Å². The Hall–Kier alpha value is -0.220. The Morgan fingerprint density at radius 2 is 1.79 bits per heavy atom. The van der Waals surface area contributed by atoms with Crippen LogP contribution in [0.5, 0.6) is 0 Å². The molecule has 0 bridgehead atoms. The molecule has 0 aromatic heterocycles. The van der Waals surface area contributed by atoms with Gasteiger partial charge >= 0.3 is 7.68 Å². The number of aliphatic hydroxyl groups excluding tert-OH is 1. The molecule has 84 valence electrons. The molecule has 1 atom stereocenters. The van der Waals surface area contributed by atoms with Crippen molar-refractivity contribution in [2.24, 2.45) is 0 Å². The minimum atomic E-state index is -2.47. The number of nitrogens with zero attached hydrogens (tertiary/aromatic N) is 1. The largest absolute Gasteiger partial charge is 0.375 e. The number of hydrogen-bond donors (Lipinski definition) is 2. The summed E-state index contributed by atoms with van der Waals surface area (Å²) in [6.07, 6.45) is -0.644. The molecule has 0 spiro atoms. The highest BCUT2D eigenvalue weighted by molar-refractivity contribution is 7.31. The molecule has 6 heteroatoms. The average Bonchev–Trinajstić information content (AvgIpc) is 2.01. The van der Waals surface area contributed by atoms with Gasteiger partial charge in [0.05, 0.1) is 20.6 Å². The number of hydrogen-bond acceptors (Lipinski definition) is 4. The van der Waals surface area contributed by atoms with E-state index in [1.807, 2.05) is 6.92 Å². The van der Waals surface area contributed by atoms with E-state index < -0.39 is 19.8 Å². The molecule has 1 unspecified atom stereocenters. The van der Waals surface area contributed by atoms with Gasteiger partial charge in [0.1, 0.15) is 0 Å². The Morgan fingerprint density at radius 3 is 2.07 bits per heavy atom. The van der Waals surface area contributed by atoms with E-state index in [2.05, 4.69) is 0 Å². The molecule has 5 nitrogen and oxygen atoms in total. The summed E-state index contributed by atoms with van der Waals surface area (Å²) in [5, 5.41) is 17.4. The summed E-state index contributed by atoms with van der Waals surface area (Å²) in [6, 6.07) is 0. The first-order valence-corrected chi connectivity index (χ1v) is 5.88. The topological polar surface area (TPSA) is 74.6 Å². The van der Waals surface area contributed by atoms with Crippen LogP contribution in [0.1, 0.15) is 19.8 Å². The second kappa shape index (κ2) is 5.61. The van der Waals surface area contributed by atoms with E-state index in [1.165, 1.54) is 0 Å². The van der Waals surface area contributed by atoms with Crippen molar-refractivity contribution in [2.75, 3.05) is 20.6 Å². The maximum atomic E-state index is 10.9. The Bertz CT molecular complexity index is 229. The van der Waals surface area contributed by atoms with Crippen LogP contribution in [0.2, 0.25) is 0 Å². The van der Waals surface area contributed by atoms with Gasteiger partial charge in [-0.3, -0.25) is 0 Å². The molecule has 0 saturated heterocycles.